The van der Waals surface area contributed by atoms with Crippen LogP contribution in [0.1, 0.15) is 37.4 Å². The van der Waals surface area contributed by atoms with Crippen molar-refractivity contribution >= 4 is 11.9 Å². The van der Waals surface area contributed by atoms with Crippen molar-refractivity contribution < 1.29 is 19.1 Å². The number of hydrogen-bond acceptors (Lipinski definition) is 5. The van der Waals surface area contributed by atoms with Gasteiger partial charge in [-0.1, -0.05) is 6.07 Å². The number of carbonyl (C=O) groups is 2. The molecule has 0 bridgehead atoms. The molecule has 0 N–H and O–H groups in total. The molecule has 1 amide bonds. The van der Waals surface area contributed by atoms with E-state index < -0.39 is 6.10 Å². The van der Waals surface area contributed by atoms with E-state index in [0.29, 0.717) is 12.8 Å². The van der Waals surface area contributed by atoms with Crippen molar-refractivity contribution in [1.82, 2.24) is 9.88 Å². The predicted molar refractivity (Wildman–Crippen MR) is 87.3 cm³/mol. The van der Waals surface area contributed by atoms with Crippen LogP contribution in [0.4, 0.5) is 0 Å². The Labute approximate surface area is 142 Å². The third kappa shape index (κ3) is 3.29. The first-order valence-electron chi connectivity index (χ1n) is 8.45. The second-order valence-electron chi connectivity index (χ2n) is 6.70. The Morgan fingerprint density at radius 3 is 2.83 bits per heavy atom. The maximum absolute atomic E-state index is 12.9. The van der Waals surface area contributed by atoms with E-state index in [2.05, 4.69) is 11.9 Å². The number of aryl methyl sites for hydroxylation is 1. The standard InChI is InChI=1S/C18H24N2O4/c1-11-4-6-13(10-19-11)8-17(21)20-12(2)5-7-15-14(20)9-16(24-15)18(22)23-3/h4,6,10,12,14-16H,5,7-9H2,1-3H3. The quantitative estimate of drug-likeness (QED) is 0.787. The van der Waals surface area contributed by atoms with Crippen LogP contribution in [0.3, 0.4) is 0 Å². The summed E-state index contributed by atoms with van der Waals surface area (Å²) in [4.78, 5) is 30.8. The Bertz CT molecular complexity index is 616. The molecule has 6 nitrogen and oxygen atoms in total. The lowest BCUT2D eigenvalue weighted by atomic mass is 9.92. The molecule has 3 heterocycles. The highest BCUT2D eigenvalue weighted by molar-refractivity contribution is 5.80. The summed E-state index contributed by atoms with van der Waals surface area (Å²) >= 11 is 0. The summed E-state index contributed by atoms with van der Waals surface area (Å²) in [6.45, 7) is 3.98. The summed E-state index contributed by atoms with van der Waals surface area (Å²) < 4.78 is 10.6. The van der Waals surface area contributed by atoms with Crippen LogP contribution < -0.4 is 0 Å². The molecule has 0 saturated carbocycles. The molecule has 3 rings (SSSR count). The van der Waals surface area contributed by atoms with Gasteiger partial charge in [0.1, 0.15) is 0 Å². The Kier molecular flexibility index (Phi) is 4.85. The molecule has 130 valence electrons. The summed E-state index contributed by atoms with van der Waals surface area (Å²) in [5.41, 5.74) is 1.84. The van der Waals surface area contributed by atoms with E-state index >= 15 is 0 Å². The van der Waals surface area contributed by atoms with E-state index in [4.69, 9.17) is 9.47 Å². The second kappa shape index (κ2) is 6.89. The number of esters is 1. The van der Waals surface area contributed by atoms with E-state index in [1.54, 1.807) is 6.20 Å². The molecular weight excluding hydrogens is 308 g/mol. The molecule has 2 fully saturated rings. The highest BCUT2D eigenvalue weighted by atomic mass is 16.6. The molecule has 2 aliphatic rings. The molecule has 0 spiro atoms. The van der Waals surface area contributed by atoms with Gasteiger partial charge in [0.15, 0.2) is 6.10 Å². The van der Waals surface area contributed by atoms with Crippen molar-refractivity contribution in [2.75, 3.05) is 7.11 Å². The van der Waals surface area contributed by atoms with Gasteiger partial charge in [-0.2, -0.15) is 0 Å². The van der Waals surface area contributed by atoms with Crippen LogP contribution in [0.5, 0.6) is 0 Å². The van der Waals surface area contributed by atoms with Crippen LogP contribution in [0, 0.1) is 6.92 Å². The fraction of sp³-hybridized carbons (Fsp3) is 0.611. The summed E-state index contributed by atoms with van der Waals surface area (Å²) in [5.74, 6) is -0.288. The summed E-state index contributed by atoms with van der Waals surface area (Å²) in [7, 11) is 1.36. The van der Waals surface area contributed by atoms with Crippen LogP contribution in [-0.4, -0.2) is 53.2 Å². The minimum absolute atomic E-state index is 0.0521. The molecule has 2 saturated heterocycles. The van der Waals surface area contributed by atoms with Gasteiger partial charge in [0.05, 0.1) is 25.7 Å². The van der Waals surface area contributed by atoms with Gasteiger partial charge in [0, 0.05) is 24.4 Å². The number of methoxy groups -OCH3 is 1. The van der Waals surface area contributed by atoms with Crippen molar-refractivity contribution in [2.24, 2.45) is 0 Å². The topological polar surface area (TPSA) is 68.7 Å². The zero-order valence-corrected chi connectivity index (χ0v) is 14.4. The van der Waals surface area contributed by atoms with Crippen LogP contribution in [-0.2, 0) is 25.5 Å². The lowest BCUT2D eigenvalue weighted by Crippen LogP contribution is -2.53. The van der Waals surface area contributed by atoms with Crippen molar-refractivity contribution in [3.63, 3.8) is 0 Å². The molecular formula is C18H24N2O4. The number of rotatable bonds is 3. The second-order valence-corrected chi connectivity index (χ2v) is 6.70. The van der Waals surface area contributed by atoms with E-state index in [9.17, 15) is 9.59 Å². The van der Waals surface area contributed by atoms with Gasteiger partial charge in [-0.3, -0.25) is 9.78 Å². The largest absolute Gasteiger partial charge is 0.467 e. The van der Waals surface area contributed by atoms with E-state index in [1.165, 1.54) is 7.11 Å². The maximum Gasteiger partial charge on any atom is 0.335 e. The average molecular weight is 332 g/mol. The number of fused-ring (bicyclic) bond motifs is 1. The number of pyridine rings is 1. The normalized spacial score (nSPS) is 29.2. The number of likely N-dealkylation sites (tertiary alicyclic amines) is 1. The Balaban J connectivity index is 1.73. The molecule has 0 radical (unpaired) electrons. The summed E-state index contributed by atoms with van der Waals surface area (Å²) in [6.07, 6.45) is 3.70. The van der Waals surface area contributed by atoms with E-state index in [1.807, 2.05) is 24.0 Å². The summed E-state index contributed by atoms with van der Waals surface area (Å²) in [6, 6.07) is 3.95. The monoisotopic (exact) mass is 332 g/mol. The van der Waals surface area contributed by atoms with Crippen LogP contribution in [0.2, 0.25) is 0 Å². The number of ether oxygens (including phenoxy) is 2. The van der Waals surface area contributed by atoms with Gasteiger partial charge in [-0.05, 0) is 38.3 Å². The zero-order valence-electron chi connectivity index (χ0n) is 14.4. The fourth-order valence-electron chi connectivity index (χ4n) is 3.74. The van der Waals surface area contributed by atoms with Crippen molar-refractivity contribution in [1.29, 1.82) is 0 Å². The number of aromatic nitrogens is 1. The first-order chi connectivity index (χ1) is 11.5. The highest BCUT2D eigenvalue weighted by Crippen LogP contribution is 2.35. The Hall–Kier alpha value is -1.95. The first kappa shape index (κ1) is 16.9. The zero-order chi connectivity index (χ0) is 17.3. The van der Waals surface area contributed by atoms with Gasteiger partial charge >= 0.3 is 5.97 Å². The van der Waals surface area contributed by atoms with Gasteiger partial charge in [-0.15, -0.1) is 0 Å². The maximum atomic E-state index is 12.9. The SMILES string of the molecule is COC(=O)C1CC2C(CCC(C)N2C(=O)Cc2ccc(C)nc2)O1. The Morgan fingerprint density at radius 2 is 2.17 bits per heavy atom. The third-order valence-corrected chi connectivity index (χ3v) is 5.00. The van der Waals surface area contributed by atoms with Gasteiger partial charge < -0.3 is 14.4 Å². The molecule has 4 atom stereocenters. The van der Waals surface area contributed by atoms with E-state index in [0.717, 1.165) is 24.1 Å². The lowest BCUT2D eigenvalue weighted by Gasteiger charge is -2.41. The van der Waals surface area contributed by atoms with Crippen molar-refractivity contribution in [3.05, 3.63) is 29.6 Å². The van der Waals surface area contributed by atoms with E-state index in [-0.39, 0.29) is 30.1 Å². The average Bonchev–Trinajstić information content (AvgIpc) is 3.00. The minimum Gasteiger partial charge on any atom is -0.467 e. The molecule has 0 aliphatic carbocycles. The van der Waals surface area contributed by atoms with Gasteiger partial charge in [0.2, 0.25) is 5.91 Å². The lowest BCUT2D eigenvalue weighted by molar-refractivity contribution is -0.154. The molecule has 0 aromatic carbocycles. The van der Waals surface area contributed by atoms with Crippen LogP contribution in [0.25, 0.3) is 0 Å². The Morgan fingerprint density at radius 1 is 1.38 bits per heavy atom. The van der Waals surface area contributed by atoms with Crippen LogP contribution >= 0.6 is 0 Å². The molecule has 2 aliphatic heterocycles. The molecule has 4 unspecified atom stereocenters. The van der Waals surface area contributed by atoms with Crippen molar-refractivity contribution in [2.45, 2.75) is 63.8 Å². The van der Waals surface area contributed by atoms with Gasteiger partial charge in [0.25, 0.3) is 0 Å². The summed E-state index contributed by atoms with van der Waals surface area (Å²) in [5, 5.41) is 0. The third-order valence-electron chi connectivity index (χ3n) is 5.00. The number of nitrogens with zero attached hydrogens (tertiary/aromatic N) is 2. The number of hydrogen-bond donors (Lipinski definition) is 0. The highest BCUT2D eigenvalue weighted by Gasteiger charge is 2.47. The number of amides is 1. The first-order valence-corrected chi connectivity index (χ1v) is 8.45. The number of carbonyl (C=O) groups excluding carboxylic acids is 2. The number of piperidine rings is 1. The smallest absolute Gasteiger partial charge is 0.335 e. The molecule has 24 heavy (non-hydrogen) atoms. The minimum atomic E-state index is -0.563. The molecule has 1 aromatic heterocycles. The fourth-order valence-corrected chi connectivity index (χ4v) is 3.74. The molecule has 1 aromatic rings. The predicted octanol–water partition coefficient (Wildman–Crippen LogP) is 1.64. The van der Waals surface area contributed by atoms with Crippen molar-refractivity contribution in [3.8, 4) is 0 Å². The van der Waals surface area contributed by atoms with Gasteiger partial charge in [-0.25, -0.2) is 4.79 Å². The molecule has 6 heteroatoms. The van der Waals surface area contributed by atoms with Crippen LogP contribution in [0.15, 0.2) is 18.3 Å².